The molecule has 6 aromatic rings. The Morgan fingerprint density at radius 2 is 1.25 bits per heavy atom. The summed E-state index contributed by atoms with van der Waals surface area (Å²) in [6, 6.07) is 26.6. The molecule has 0 saturated heterocycles. The molecular formula is C25H15N5O2. The van der Waals surface area contributed by atoms with Crippen molar-refractivity contribution in [3.63, 3.8) is 0 Å². The van der Waals surface area contributed by atoms with Crippen LogP contribution in [0.4, 0.5) is 0 Å². The number of benzene rings is 3. The fourth-order valence-corrected chi connectivity index (χ4v) is 3.66. The minimum atomic E-state index is -0.358. The first-order valence-electron chi connectivity index (χ1n) is 10.0. The molecule has 0 amide bonds. The van der Waals surface area contributed by atoms with Gasteiger partial charge in [0.15, 0.2) is 23.1 Å². The van der Waals surface area contributed by atoms with Crippen LogP contribution in [0.15, 0.2) is 100 Å². The Bertz CT molecular complexity index is 1580. The van der Waals surface area contributed by atoms with E-state index in [0.717, 1.165) is 16.6 Å². The molecule has 0 spiro atoms. The second-order valence-corrected chi connectivity index (χ2v) is 7.21. The van der Waals surface area contributed by atoms with Gasteiger partial charge in [-0.05, 0) is 12.1 Å². The van der Waals surface area contributed by atoms with E-state index in [1.807, 2.05) is 78.9 Å². The van der Waals surface area contributed by atoms with Crippen molar-refractivity contribution in [3.8, 4) is 34.2 Å². The topological polar surface area (TPSA) is 86.2 Å². The molecular weight excluding hydrogens is 402 g/mol. The van der Waals surface area contributed by atoms with Crippen LogP contribution < -0.4 is 5.56 Å². The number of aromatic nitrogens is 5. The molecule has 3 aromatic carbocycles. The second-order valence-electron chi connectivity index (χ2n) is 7.21. The van der Waals surface area contributed by atoms with Crippen molar-refractivity contribution in [2.75, 3.05) is 0 Å². The van der Waals surface area contributed by atoms with Gasteiger partial charge in [0.25, 0.3) is 5.56 Å². The third-order valence-electron chi connectivity index (χ3n) is 5.17. The van der Waals surface area contributed by atoms with Crippen LogP contribution in [0.1, 0.15) is 0 Å². The van der Waals surface area contributed by atoms with Gasteiger partial charge in [0.05, 0.1) is 11.1 Å². The molecule has 7 nitrogen and oxygen atoms in total. The van der Waals surface area contributed by atoms with E-state index in [0.29, 0.717) is 28.6 Å². The summed E-state index contributed by atoms with van der Waals surface area (Å²) in [6.07, 6.45) is 1.65. The molecule has 0 aliphatic rings. The lowest BCUT2D eigenvalue weighted by atomic mass is 10.1. The second kappa shape index (κ2) is 7.24. The molecule has 0 N–H and O–H groups in total. The monoisotopic (exact) mass is 417 g/mol. The predicted octanol–water partition coefficient (Wildman–Crippen LogP) is 4.63. The van der Waals surface area contributed by atoms with Crippen molar-refractivity contribution in [3.05, 3.63) is 101 Å². The summed E-state index contributed by atoms with van der Waals surface area (Å²) in [5.74, 6) is 1.83. The molecule has 152 valence electrons. The fourth-order valence-electron chi connectivity index (χ4n) is 3.66. The number of rotatable bonds is 3. The Kier molecular flexibility index (Phi) is 4.11. The van der Waals surface area contributed by atoms with Crippen LogP contribution >= 0.6 is 0 Å². The molecule has 0 bridgehead atoms. The first-order valence-corrected chi connectivity index (χ1v) is 10.0. The number of fused-ring (bicyclic) bond motifs is 3. The molecule has 0 radical (unpaired) electrons. The zero-order valence-electron chi connectivity index (χ0n) is 16.7. The fraction of sp³-hybridized carbons (Fsp3) is 0. The molecule has 0 aliphatic carbocycles. The lowest BCUT2D eigenvalue weighted by Gasteiger charge is -2.08. The molecule has 0 aliphatic heterocycles. The van der Waals surface area contributed by atoms with Crippen molar-refractivity contribution in [1.29, 1.82) is 0 Å². The highest BCUT2D eigenvalue weighted by Gasteiger charge is 2.17. The molecule has 0 unspecified atom stereocenters. The minimum Gasteiger partial charge on any atom is -0.422 e. The van der Waals surface area contributed by atoms with Crippen LogP contribution in [-0.2, 0) is 0 Å². The molecule has 0 saturated carbocycles. The minimum absolute atomic E-state index is 0.223. The molecule has 32 heavy (non-hydrogen) atoms. The summed E-state index contributed by atoms with van der Waals surface area (Å²) < 4.78 is 7.70. The normalized spacial score (nSPS) is 11.2. The summed E-state index contributed by atoms with van der Waals surface area (Å²) in [7, 11) is 0. The predicted molar refractivity (Wildman–Crippen MR) is 121 cm³/mol. The third kappa shape index (κ3) is 3.04. The van der Waals surface area contributed by atoms with Gasteiger partial charge in [-0.2, -0.15) is 4.98 Å². The smallest absolute Gasteiger partial charge is 0.310 e. The van der Waals surface area contributed by atoms with Crippen LogP contribution in [0.25, 0.3) is 51.1 Å². The van der Waals surface area contributed by atoms with Crippen molar-refractivity contribution in [2.45, 2.75) is 0 Å². The van der Waals surface area contributed by atoms with E-state index >= 15 is 0 Å². The van der Waals surface area contributed by atoms with Crippen LogP contribution in [0.2, 0.25) is 0 Å². The van der Waals surface area contributed by atoms with Crippen LogP contribution in [0.5, 0.6) is 0 Å². The van der Waals surface area contributed by atoms with Gasteiger partial charge >= 0.3 is 5.84 Å². The van der Waals surface area contributed by atoms with Crippen LogP contribution in [0, 0.1) is 0 Å². The molecule has 0 fully saturated rings. The van der Waals surface area contributed by atoms with Gasteiger partial charge in [-0.15, -0.1) is 0 Å². The van der Waals surface area contributed by atoms with Crippen molar-refractivity contribution < 1.29 is 4.42 Å². The first kappa shape index (κ1) is 18.1. The maximum Gasteiger partial charge on any atom is 0.310 e. The van der Waals surface area contributed by atoms with E-state index in [9.17, 15) is 4.79 Å². The lowest BCUT2D eigenvalue weighted by Crippen LogP contribution is -2.04. The zero-order valence-corrected chi connectivity index (χ0v) is 16.7. The van der Waals surface area contributed by atoms with Crippen molar-refractivity contribution in [2.24, 2.45) is 0 Å². The Balaban J connectivity index is 1.64. The quantitative estimate of drug-likeness (QED) is 0.417. The molecule has 3 heterocycles. The maximum absolute atomic E-state index is 11.7. The summed E-state index contributed by atoms with van der Waals surface area (Å²) in [4.78, 5) is 29.9. The average molecular weight is 417 g/mol. The van der Waals surface area contributed by atoms with Gasteiger partial charge in [-0.25, -0.2) is 15.0 Å². The number of hydrogen-bond donors (Lipinski definition) is 0. The highest BCUT2D eigenvalue weighted by molar-refractivity contribution is 5.90. The third-order valence-corrected chi connectivity index (χ3v) is 5.17. The van der Waals surface area contributed by atoms with E-state index in [1.165, 1.54) is 6.07 Å². The number of nitrogens with zero attached hydrogens (tertiary/aromatic N) is 5. The number of hydrogen-bond acceptors (Lipinski definition) is 6. The maximum atomic E-state index is 11.7. The SMILES string of the molecule is O=c1ccn2c(n1)oc1c(-c3nc(-c4ccccc4)nc(-c4ccccc4)n3)cccc12. The van der Waals surface area contributed by atoms with Crippen molar-refractivity contribution in [1.82, 2.24) is 24.3 Å². The van der Waals surface area contributed by atoms with E-state index < -0.39 is 0 Å². The summed E-state index contributed by atoms with van der Waals surface area (Å²) in [6.45, 7) is 0. The molecule has 6 rings (SSSR count). The van der Waals surface area contributed by atoms with Gasteiger partial charge in [0, 0.05) is 23.4 Å². The Morgan fingerprint density at radius 1 is 0.625 bits per heavy atom. The summed E-state index contributed by atoms with van der Waals surface area (Å²) in [5.41, 5.74) is 3.43. The average Bonchev–Trinajstić information content (AvgIpc) is 3.22. The largest absolute Gasteiger partial charge is 0.422 e. The Labute approximate surface area is 181 Å². The van der Waals surface area contributed by atoms with Gasteiger partial charge in [0.1, 0.15) is 0 Å². The van der Waals surface area contributed by atoms with E-state index in [1.54, 1.807) is 10.6 Å². The van der Waals surface area contributed by atoms with Gasteiger partial charge in [0.2, 0.25) is 0 Å². The molecule has 3 aromatic heterocycles. The van der Waals surface area contributed by atoms with E-state index in [-0.39, 0.29) is 11.4 Å². The highest BCUT2D eigenvalue weighted by Crippen LogP contribution is 2.31. The number of para-hydroxylation sites is 1. The zero-order chi connectivity index (χ0) is 21.5. The lowest BCUT2D eigenvalue weighted by molar-refractivity contribution is 0.634. The van der Waals surface area contributed by atoms with E-state index in [2.05, 4.69) is 4.98 Å². The molecule has 7 heteroatoms. The van der Waals surface area contributed by atoms with Gasteiger partial charge < -0.3 is 4.42 Å². The Morgan fingerprint density at radius 3 is 1.91 bits per heavy atom. The standard InChI is InChI=1S/C25H15N5O2/c31-20-14-15-30-19-13-7-12-18(21(19)32-25(30)26-20)24-28-22(16-8-3-1-4-9-16)27-23(29-24)17-10-5-2-6-11-17/h1-15H. The van der Waals surface area contributed by atoms with Crippen LogP contribution in [0.3, 0.4) is 0 Å². The Hall–Kier alpha value is -4.65. The van der Waals surface area contributed by atoms with Crippen LogP contribution in [-0.4, -0.2) is 24.3 Å². The molecule has 0 atom stereocenters. The van der Waals surface area contributed by atoms with Gasteiger partial charge in [-0.3, -0.25) is 9.20 Å². The summed E-state index contributed by atoms with van der Waals surface area (Å²) in [5, 5.41) is 0. The van der Waals surface area contributed by atoms with E-state index in [4.69, 9.17) is 19.4 Å². The number of oxazole rings is 1. The van der Waals surface area contributed by atoms with Crippen molar-refractivity contribution >= 4 is 16.9 Å². The van der Waals surface area contributed by atoms with Gasteiger partial charge in [-0.1, -0.05) is 66.7 Å². The highest BCUT2D eigenvalue weighted by atomic mass is 16.4. The summed E-state index contributed by atoms with van der Waals surface area (Å²) >= 11 is 0. The first-order chi connectivity index (χ1) is 15.8.